The van der Waals surface area contributed by atoms with E-state index in [9.17, 15) is 18.0 Å². The minimum atomic E-state index is -4.59. The third-order valence-electron chi connectivity index (χ3n) is 3.91. The van der Waals surface area contributed by atoms with E-state index in [-0.39, 0.29) is 17.1 Å². The van der Waals surface area contributed by atoms with Gasteiger partial charge in [0, 0.05) is 24.5 Å². The monoisotopic (exact) mass is 384 g/mol. The molecule has 140 valence electrons. The molecular weight excluding hydrogens is 365 g/mol. The maximum absolute atomic E-state index is 13.1. The predicted octanol–water partition coefficient (Wildman–Crippen LogP) is 5.21. The second-order valence-corrected chi connectivity index (χ2v) is 6.28. The van der Waals surface area contributed by atoms with Gasteiger partial charge in [-0.15, -0.1) is 0 Å². The highest BCUT2D eigenvalue weighted by atomic mass is 35.5. The molecule has 3 nitrogen and oxygen atoms in total. The van der Waals surface area contributed by atoms with Gasteiger partial charge in [-0.05, 0) is 30.3 Å². The van der Waals surface area contributed by atoms with Gasteiger partial charge in [-0.1, -0.05) is 48.9 Å². The zero-order valence-corrected chi connectivity index (χ0v) is 15.1. The average molecular weight is 385 g/mol. The van der Waals surface area contributed by atoms with E-state index < -0.39 is 17.6 Å². The van der Waals surface area contributed by atoms with E-state index >= 15 is 0 Å². The summed E-state index contributed by atoms with van der Waals surface area (Å²) < 4.78 is 39.2. The van der Waals surface area contributed by atoms with E-state index in [1.54, 1.807) is 0 Å². The van der Waals surface area contributed by atoms with Crippen molar-refractivity contribution in [3.63, 3.8) is 0 Å². The minimum Gasteiger partial charge on any atom is -0.325 e. The van der Waals surface area contributed by atoms with Crippen LogP contribution in [0.15, 0.2) is 48.5 Å². The topological polar surface area (TPSA) is 32.3 Å². The molecule has 2 aromatic carbocycles. The van der Waals surface area contributed by atoms with Gasteiger partial charge >= 0.3 is 6.18 Å². The van der Waals surface area contributed by atoms with E-state index in [4.69, 9.17) is 11.6 Å². The van der Waals surface area contributed by atoms with Crippen molar-refractivity contribution in [2.24, 2.45) is 0 Å². The van der Waals surface area contributed by atoms with Gasteiger partial charge in [0.05, 0.1) is 11.3 Å². The Balaban J connectivity index is 1.96. The van der Waals surface area contributed by atoms with Gasteiger partial charge in [-0.2, -0.15) is 13.2 Å². The molecule has 7 heteroatoms. The maximum Gasteiger partial charge on any atom is 0.418 e. The first-order valence-electron chi connectivity index (χ1n) is 8.22. The molecule has 26 heavy (non-hydrogen) atoms. The number of nitrogens with one attached hydrogen (secondary N) is 1. The number of hydrogen-bond acceptors (Lipinski definition) is 2. The molecule has 2 rings (SSSR count). The number of alkyl halides is 3. The quantitative estimate of drug-likeness (QED) is 0.710. The largest absolute Gasteiger partial charge is 0.418 e. The molecule has 0 aliphatic heterocycles. The summed E-state index contributed by atoms with van der Waals surface area (Å²) in [5.41, 5.74) is -0.111. The molecule has 1 N–H and O–H groups in total. The van der Waals surface area contributed by atoms with Crippen molar-refractivity contribution in [3.05, 3.63) is 64.7 Å². The molecular formula is C19H20ClF3N2O. The number of rotatable bonds is 7. The Morgan fingerprint density at radius 3 is 2.46 bits per heavy atom. The van der Waals surface area contributed by atoms with Crippen LogP contribution in [-0.4, -0.2) is 23.9 Å². The first-order valence-corrected chi connectivity index (χ1v) is 8.60. The summed E-state index contributed by atoms with van der Waals surface area (Å²) >= 11 is 5.64. The number of nitrogens with zero attached hydrogens (tertiary/aromatic N) is 1. The zero-order valence-electron chi connectivity index (χ0n) is 14.3. The molecule has 0 aliphatic carbocycles. The van der Waals surface area contributed by atoms with Crippen molar-refractivity contribution in [1.82, 2.24) is 4.90 Å². The van der Waals surface area contributed by atoms with Crippen LogP contribution in [0.2, 0.25) is 5.02 Å². The van der Waals surface area contributed by atoms with Crippen LogP contribution in [0.4, 0.5) is 18.9 Å². The summed E-state index contributed by atoms with van der Waals surface area (Å²) in [7, 11) is 0. The third-order valence-corrected chi connectivity index (χ3v) is 4.15. The second-order valence-electron chi connectivity index (χ2n) is 5.84. The smallest absolute Gasteiger partial charge is 0.325 e. The molecule has 0 radical (unpaired) electrons. The van der Waals surface area contributed by atoms with Crippen LogP contribution in [0.1, 0.15) is 24.5 Å². The van der Waals surface area contributed by atoms with E-state index in [1.165, 1.54) is 12.1 Å². The van der Waals surface area contributed by atoms with Crippen molar-refractivity contribution in [3.8, 4) is 0 Å². The Morgan fingerprint density at radius 1 is 1.15 bits per heavy atom. The van der Waals surface area contributed by atoms with Crippen molar-refractivity contribution < 1.29 is 18.0 Å². The predicted molar refractivity (Wildman–Crippen MR) is 97.1 cm³/mol. The van der Waals surface area contributed by atoms with Gasteiger partial charge in [-0.3, -0.25) is 9.69 Å². The second kappa shape index (κ2) is 9.05. The maximum atomic E-state index is 13.1. The molecule has 0 heterocycles. The minimum absolute atomic E-state index is 0.0321. The van der Waals surface area contributed by atoms with Gasteiger partial charge in [0.1, 0.15) is 0 Å². The molecule has 0 aliphatic rings. The Morgan fingerprint density at radius 2 is 1.85 bits per heavy atom. The highest BCUT2D eigenvalue weighted by Gasteiger charge is 2.34. The van der Waals surface area contributed by atoms with Gasteiger partial charge in [-0.25, -0.2) is 0 Å². The Labute approximate surface area is 155 Å². The Hall–Kier alpha value is -2.05. The number of amides is 1. The van der Waals surface area contributed by atoms with Gasteiger partial charge < -0.3 is 5.32 Å². The lowest BCUT2D eigenvalue weighted by Crippen LogP contribution is -2.27. The molecule has 0 atom stereocenters. The number of anilines is 1. The first kappa shape index (κ1) is 20.3. The molecule has 0 spiro atoms. The fourth-order valence-corrected chi connectivity index (χ4v) is 2.70. The van der Waals surface area contributed by atoms with Crippen LogP contribution >= 0.6 is 11.6 Å². The molecule has 0 saturated carbocycles. The summed E-state index contributed by atoms with van der Waals surface area (Å²) in [6, 6.07) is 13.1. The number of halogens is 4. The normalized spacial score (nSPS) is 11.6. The van der Waals surface area contributed by atoms with Crippen LogP contribution in [0.25, 0.3) is 0 Å². The van der Waals surface area contributed by atoms with Crippen molar-refractivity contribution >= 4 is 23.2 Å². The highest BCUT2D eigenvalue weighted by molar-refractivity contribution is 6.30. The fourth-order valence-electron chi connectivity index (χ4n) is 2.52. The molecule has 1 amide bonds. The summed E-state index contributed by atoms with van der Waals surface area (Å²) in [6.45, 7) is 3.84. The van der Waals surface area contributed by atoms with Crippen LogP contribution < -0.4 is 5.32 Å². The van der Waals surface area contributed by atoms with E-state index in [0.717, 1.165) is 18.2 Å². The van der Waals surface area contributed by atoms with Gasteiger partial charge in [0.15, 0.2) is 0 Å². The third kappa shape index (κ3) is 6.04. The molecule has 0 unspecified atom stereocenters. The lowest BCUT2D eigenvalue weighted by Gasteiger charge is -2.20. The average Bonchev–Trinajstić information content (AvgIpc) is 2.60. The standard InChI is InChI=1S/C19H20ClF3N2O/c1-2-25(13-14-6-4-3-5-7-14)11-10-18(26)24-17-9-8-15(20)12-16(17)19(21,22)23/h3-9,12H,2,10-11,13H2,1H3,(H,24,26). The lowest BCUT2D eigenvalue weighted by molar-refractivity contribution is -0.137. The van der Waals surface area contributed by atoms with Crippen LogP contribution in [0.3, 0.4) is 0 Å². The summed E-state index contributed by atoms with van der Waals surface area (Å²) in [4.78, 5) is 14.2. The number of carbonyl (C=O) groups is 1. The van der Waals surface area contributed by atoms with Gasteiger partial charge in [0.25, 0.3) is 0 Å². The number of carbonyl (C=O) groups excluding carboxylic acids is 1. The molecule has 0 saturated heterocycles. The van der Waals surface area contributed by atoms with Gasteiger partial charge in [0.2, 0.25) is 5.91 Å². The molecule has 0 fully saturated rings. The van der Waals surface area contributed by atoms with E-state index in [0.29, 0.717) is 13.1 Å². The van der Waals surface area contributed by atoms with E-state index in [1.807, 2.05) is 37.3 Å². The molecule has 2 aromatic rings. The van der Waals surface area contributed by atoms with Crippen molar-refractivity contribution in [1.29, 1.82) is 0 Å². The lowest BCUT2D eigenvalue weighted by atomic mass is 10.1. The first-order chi connectivity index (χ1) is 12.3. The number of hydrogen-bond donors (Lipinski definition) is 1. The Kier molecular flexibility index (Phi) is 7.06. The highest BCUT2D eigenvalue weighted by Crippen LogP contribution is 2.36. The van der Waals surface area contributed by atoms with Crippen LogP contribution in [-0.2, 0) is 17.5 Å². The van der Waals surface area contributed by atoms with Crippen LogP contribution in [0, 0.1) is 0 Å². The molecule has 0 bridgehead atoms. The fraction of sp³-hybridized carbons (Fsp3) is 0.316. The van der Waals surface area contributed by atoms with E-state index in [2.05, 4.69) is 10.2 Å². The van der Waals surface area contributed by atoms with Crippen LogP contribution in [0.5, 0.6) is 0 Å². The summed E-state index contributed by atoms with van der Waals surface area (Å²) in [5, 5.41) is 2.31. The summed E-state index contributed by atoms with van der Waals surface area (Å²) in [6.07, 6.45) is -4.49. The number of benzene rings is 2. The SMILES string of the molecule is CCN(CCC(=O)Nc1ccc(Cl)cc1C(F)(F)F)Cc1ccccc1. The van der Waals surface area contributed by atoms with Crippen molar-refractivity contribution in [2.45, 2.75) is 26.1 Å². The summed E-state index contributed by atoms with van der Waals surface area (Å²) in [5.74, 6) is -0.468. The zero-order chi connectivity index (χ0) is 19.2. The molecule has 0 aromatic heterocycles. The Bertz CT molecular complexity index is 735. The van der Waals surface area contributed by atoms with Crippen molar-refractivity contribution in [2.75, 3.05) is 18.4 Å².